The lowest BCUT2D eigenvalue weighted by molar-refractivity contribution is -0.136. The summed E-state index contributed by atoms with van der Waals surface area (Å²) in [4.78, 5) is 10.8. The van der Waals surface area contributed by atoms with E-state index in [-0.39, 0.29) is 11.3 Å². The lowest BCUT2D eigenvalue weighted by Gasteiger charge is -2.11. The average molecular weight is 256 g/mol. The smallest absolute Gasteiger partial charge is 0.307 e. The first-order valence-electron chi connectivity index (χ1n) is 5.30. The predicted molar refractivity (Wildman–Crippen MR) is 64.8 cm³/mol. The number of carboxylic acid groups (broad SMARTS) is 1. The number of benzene rings is 1. The van der Waals surface area contributed by atoms with E-state index in [1.807, 2.05) is 0 Å². The largest absolute Gasteiger partial charge is 0.481 e. The molecule has 0 spiro atoms. The second-order valence-corrected chi connectivity index (χ2v) is 6.74. The molecular formula is C12H16O4S. The van der Waals surface area contributed by atoms with Crippen LogP contribution in [0, 0.1) is 6.92 Å². The predicted octanol–water partition coefficient (Wildman–Crippen LogP) is 1.80. The van der Waals surface area contributed by atoms with Crippen LogP contribution in [-0.2, 0) is 21.1 Å². The van der Waals surface area contributed by atoms with E-state index in [2.05, 4.69) is 0 Å². The Labute approximate surface area is 101 Å². The molecule has 0 radical (unpaired) electrons. The van der Waals surface area contributed by atoms with Crippen LogP contribution in [0.3, 0.4) is 0 Å². The Morgan fingerprint density at radius 2 is 1.94 bits per heavy atom. The van der Waals surface area contributed by atoms with E-state index in [4.69, 9.17) is 5.11 Å². The van der Waals surface area contributed by atoms with Gasteiger partial charge in [0.05, 0.1) is 16.6 Å². The maximum Gasteiger partial charge on any atom is 0.307 e. The van der Waals surface area contributed by atoms with Crippen molar-refractivity contribution >= 4 is 15.8 Å². The van der Waals surface area contributed by atoms with E-state index in [0.29, 0.717) is 11.1 Å². The van der Waals surface area contributed by atoms with Crippen LogP contribution in [0.4, 0.5) is 0 Å². The van der Waals surface area contributed by atoms with Crippen molar-refractivity contribution in [3.63, 3.8) is 0 Å². The van der Waals surface area contributed by atoms with Crippen LogP contribution in [0.2, 0.25) is 0 Å². The molecule has 0 aliphatic rings. The van der Waals surface area contributed by atoms with Crippen molar-refractivity contribution in [2.75, 3.05) is 0 Å². The standard InChI is InChI=1S/C12H16O4S/c1-8(2)17(15,16)11-6-10(7-12(13)14)5-4-9(11)3/h4-6,8H,7H2,1-3H3,(H,13,14). The van der Waals surface area contributed by atoms with Gasteiger partial charge in [0.1, 0.15) is 0 Å². The second-order valence-electron chi connectivity index (χ2n) is 4.26. The van der Waals surface area contributed by atoms with Crippen LogP contribution in [-0.4, -0.2) is 24.7 Å². The molecule has 0 heterocycles. The van der Waals surface area contributed by atoms with Gasteiger partial charge in [0, 0.05) is 0 Å². The molecule has 0 saturated carbocycles. The number of carboxylic acids is 1. The van der Waals surface area contributed by atoms with Crippen molar-refractivity contribution in [2.24, 2.45) is 0 Å². The van der Waals surface area contributed by atoms with Crippen molar-refractivity contribution in [2.45, 2.75) is 37.3 Å². The summed E-state index contributed by atoms with van der Waals surface area (Å²) in [6.07, 6.45) is -0.166. The molecule has 0 aromatic heterocycles. The Morgan fingerprint density at radius 3 is 2.41 bits per heavy atom. The molecule has 4 nitrogen and oxygen atoms in total. The lowest BCUT2D eigenvalue weighted by atomic mass is 10.1. The minimum atomic E-state index is -3.36. The summed E-state index contributed by atoms with van der Waals surface area (Å²) in [6, 6.07) is 4.75. The quantitative estimate of drug-likeness (QED) is 0.891. The van der Waals surface area contributed by atoms with Crippen LogP contribution in [0.1, 0.15) is 25.0 Å². The zero-order valence-electron chi connectivity index (χ0n) is 10.1. The van der Waals surface area contributed by atoms with Crippen LogP contribution >= 0.6 is 0 Å². The molecule has 1 N–H and O–H groups in total. The molecule has 17 heavy (non-hydrogen) atoms. The molecule has 0 amide bonds. The first kappa shape index (κ1) is 13.7. The van der Waals surface area contributed by atoms with Gasteiger partial charge in [-0.2, -0.15) is 0 Å². The molecule has 5 heteroatoms. The summed E-state index contributed by atoms with van der Waals surface area (Å²) in [5.41, 5.74) is 1.15. The molecule has 1 aromatic rings. The highest BCUT2D eigenvalue weighted by Crippen LogP contribution is 2.21. The summed E-state index contributed by atoms with van der Waals surface area (Å²) < 4.78 is 24.1. The van der Waals surface area contributed by atoms with E-state index in [0.717, 1.165) is 0 Å². The van der Waals surface area contributed by atoms with Gasteiger partial charge in [0.15, 0.2) is 9.84 Å². The molecule has 0 saturated heterocycles. The van der Waals surface area contributed by atoms with E-state index >= 15 is 0 Å². The van der Waals surface area contributed by atoms with E-state index in [1.54, 1.807) is 32.9 Å². The molecular weight excluding hydrogens is 240 g/mol. The number of aryl methyl sites for hydroxylation is 1. The van der Waals surface area contributed by atoms with Gasteiger partial charge in [-0.15, -0.1) is 0 Å². The first-order chi connectivity index (χ1) is 7.75. The van der Waals surface area contributed by atoms with E-state index in [1.165, 1.54) is 6.07 Å². The van der Waals surface area contributed by atoms with Gasteiger partial charge in [0.25, 0.3) is 0 Å². The molecule has 0 bridgehead atoms. The van der Waals surface area contributed by atoms with Crippen LogP contribution < -0.4 is 0 Å². The van der Waals surface area contributed by atoms with Crippen LogP contribution in [0.15, 0.2) is 23.1 Å². The Morgan fingerprint density at radius 1 is 1.35 bits per heavy atom. The number of sulfone groups is 1. The fourth-order valence-corrected chi connectivity index (χ4v) is 2.83. The summed E-state index contributed by atoms with van der Waals surface area (Å²) in [5.74, 6) is -0.971. The van der Waals surface area contributed by atoms with Crippen molar-refractivity contribution in [1.29, 1.82) is 0 Å². The summed E-state index contributed by atoms with van der Waals surface area (Å²) in [5, 5.41) is 8.18. The fraction of sp³-hybridized carbons (Fsp3) is 0.417. The molecule has 1 rings (SSSR count). The van der Waals surface area contributed by atoms with E-state index < -0.39 is 21.1 Å². The fourth-order valence-electron chi connectivity index (χ4n) is 1.49. The average Bonchev–Trinajstić information content (AvgIpc) is 2.19. The Balaban J connectivity index is 3.29. The van der Waals surface area contributed by atoms with Gasteiger partial charge < -0.3 is 5.11 Å². The van der Waals surface area contributed by atoms with Crippen LogP contribution in [0.5, 0.6) is 0 Å². The Kier molecular flexibility index (Phi) is 3.93. The minimum absolute atomic E-state index is 0.166. The topological polar surface area (TPSA) is 71.4 Å². The van der Waals surface area contributed by atoms with Gasteiger partial charge >= 0.3 is 5.97 Å². The third-order valence-corrected chi connectivity index (χ3v) is 4.83. The molecule has 0 aliphatic carbocycles. The Bertz CT molecular complexity index is 529. The van der Waals surface area contributed by atoms with Gasteiger partial charge in [-0.25, -0.2) is 8.42 Å². The van der Waals surface area contributed by atoms with Crippen molar-refractivity contribution in [3.8, 4) is 0 Å². The molecule has 1 aromatic carbocycles. The van der Waals surface area contributed by atoms with Crippen molar-refractivity contribution < 1.29 is 18.3 Å². The van der Waals surface area contributed by atoms with Crippen molar-refractivity contribution in [3.05, 3.63) is 29.3 Å². The summed E-state index contributed by atoms with van der Waals surface area (Å²) in [6.45, 7) is 4.93. The second kappa shape index (κ2) is 4.87. The van der Waals surface area contributed by atoms with E-state index in [9.17, 15) is 13.2 Å². The normalized spacial score (nSPS) is 11.8. The maximum absolute atomic E-state index is 12.0. The molecule has 94 valence electrons. The minimum Gasteiger partial charge on any atom is -0.481 e. The van der Waals surface area contributed by atoms with Gasteiger partial charge in [-0.3, -0.25) is 4.79 Å². The van der Waals surface area contributed by atoms with Gasteiger partial charge in [-0.05, 0) is 38.0 Å². The monoisotopic (exact) mass is 256 g/mol. The maximum atomic E-state index is 12.0. The SMILES string of the molecule is Cc1ccc(CC(=O)O)cc1S(=O)(=O)C(C)C. The van der Waals surface area contributed by atoms with Gasteiger partial charge in [0.2, 0.25) is 0 Å². The Hall–Kier alpha value is -1.36. The summed E-state index contributed by atoms with van der Waals surface area (Å²) in [7, 11) is -3.36. The van der Waals surface area contributed by atoms with Crippen LogP contribution in [0.25, 0.3) is 0 Å². The number of rotatable bonds is 4. The highest BCUT2D eigenvalue weighted by atomic mass is 32.2. The summed E-state index contributed by atoms with van der Waals surface area (Å²) >= 11 is 0. The molecule has 0 unspecified atom stereocenters. The molecule has 0 atom stereocenters. The zero-order chi connectivity index (χ0) is 13.2. The third-order valence-electron chi connectivity index (χ3n) is 2.54. The number of hydrogen-bond acceptors (Lipinski definition) is 3. The van der Waals surface area contributed by atoms with Crippen molar-refractivity contribution in [1.82, 2.24) is 0 Å². The highest BCUT2D eigenvalue weighted by molar-refractivity contribution is 7.92. The lowest BCUT2D eigenvalue weighted by Crippen LogP contribution is -2.15. The number of aliphatic carboxylic acids is 1. The number of carbonyl (C=O) groups is 1. The molecule has 0 fully saturated rings. The third kappa shape index (κ3) is 3.06. The zero-order valence-corrected chi connectivity index (χ0v) is 10.9. The molecule has 0 aliphatic heterocycles. The number of hydrogen-bond donors (Lipinski definition) is 1. The highest BCUT2D eigenvalue weighted by Gasteiger charge is 2.21. The van der Waals surface area contributed by atoms with Gasteiger partial charge in [-0.1, -0.05) is 12.1 Å². The first-order valence-corrected chi connectivity index (χ1v) is 6.85.